The van der Waals surface area contributed by atoms with Gasteiger partial charge in [0.25, 0.3) is 0 Å². The molecule has 0 aliphatic carbocycles. The number of rotatable bonds is 1. The summed E-state index contributed by atoms with van der Waals surface area (Å²) in [6, 6.07) is 3.69. The normalized spacial score (nSPS) is 9.15. The van der Waals surface area contributed by atoms with Gasteiger partial charge in [0.2, 0.25) is 0 Å². The van der Waals surface area contributed by atoms with Crippen molar-refractivity contribution in [3.05, 3.63) is 34.4 Å². The van der Waals surface area contributed by atoms with E-state index in [1.807, 2.05) is 19.1 Å². The third kappa shape index (κ3) is 3.42. The monoisotopic (exact) mass is 296 g/mol. The van der Waals surface area contributed by atoms with Crippen LogP contribution in [0.1, 0.15) is 27.0 Å². The van der Waals surface area contributed by atoms with E-state index in [2.05, 4.69) is 0 Å². The van der Waals surface area contributed by atoms with Crippen molar-refractivity contribution in [1.82, 2.24) is 0 Å². The molecule has 0 saturated heterocycles. The first-order chi connectivity index (χ1) is 5.52. The summed E-state index contributed by atoms with van der Waals surface area (Å²) < 4.78 is 0. The van der Waals surface area contributed by atoms with Gasteiger partial charge in [-0.2, -0.15) is 0 Å². The summed E-state index contributed by atoms with van der Waals surface area (Å²) in [7, 11) is 0. The standard InChI is InChI=1S/C10H12O2.Cs/c1-6-4-7(2)9(10(11)12)8(3)5-6;/h4-5H,1-3H3,(H,11,12);/q;+1/p-1. The van der Waals surface area contributed by atoms with Crippen LogP contribution in [0.3, 0.4) is 0 Å². The Hall–Kier alpha value is 0.742. The zero-order chi connectivity index (χ0) is 9.30. The van der Waals surface area contributed by atoms with E-state index >= 15 is 0 Å². The number of carboxylic acid groups (broad SMARTS) is 1. The van der Waals surface area contributed by atoms with Gasteiger partial charge in [-0.1, -0.05) is 17.7 Å². The minimum Gasteiger partial charge on any atom is -0.545 e. The first kappa shape index (κ1) is 13.7. The summed E-state index contributed by atoms with van der Waals surface area (Å²) in [5, 5.41) is 10.6. The largest absolute Gasteiger partial charge is 1.00 e. The van der Waals surface area contributed by atoms with Crippen LogP contribution in [0.2, 0.25) is 0 Å². The molecule has 0 bridgehead atoms. The van der Waals surface area contributed by atoms with Crippen LogP contribution in [0, 0.1) is 20.8 Å². The van der Waals surface area contributed by atoms with Crippen molar-refractivity contribution < 1.29 is 78.8 Å². The van der Waals surface area contributed by atoms with Crippen LogP contribution < -0.4 is 74.0 Å². The number of carbonyl (C=O) groups excluding carboxylic acids is 1. The molecule has 0 N–H and O–H groups in total. The van der Waals surface area contributed by atoms with Crippen LogP contribution in [0.25, 0.3) is 0 Å². The van der Waals surface area contributed by atoms with E-state index in [-0.39, 0.29) is 68.9 Å². The maximum absolute atomic E-state index is 10.6. The number of benzene rings is 1. The van der Waals surface area contributed by atoms with Crippen LogP contribution >= 0.6 is 0 Å². The fourth-order valence-corrected chi connectivity index (χ4v) is 1.50. The van der Waals surface area contributed by atoms with E-state index in [4.69, 9.17) is 0 Å². The van der Waals surface area contributed by atoms with Crippen LogP contribution in [-0.4, -0.2) is 5.97 Å². The fraction of sp³-hybridized carbons (Fsp3) is 0.300. The Labute approximate surface area is 137 Å². The smallest absolute Gasteiger partial charge is 0.545 e. The SMILES string of the molecule is Cc1cc(C)c(C(=O)[O-])c(C)c1.[Cs+]. The number of hydrogen-bond acceptors (Lipinski definition) is 2. The number of aromatic carboxylic acids is 1. The molecular weight excluding hydrogens is 285 g/mol. The Morgan fingerprint density at radius 2 is 1.54 bits per heavy atom. The van der Waals surface area contributed by atoms with Crippen molar-refractivity contribution in [1.29, 1.82) is 0 Å². The molecule has 0 atom stereocenters. The molecule has 0 heterocycles. The molecule has 64 valence electrons. The molecule has 0 saturated carbocycles. The topological polar surface area (TPSA) is 40.1 Å². The van der Waals surface area contributed by atoms with E-state index in [1.54, 1.807) is 13.8 Å². The zero-order valence-corrected chi connectivity index (χ0v) is 14.8. The van der Waals surface area contributed by atoms with Gasteiger partial charge in [0, 0.05) is 5.56 Å². The van der Waals surface area contributed by atoms with Crippen molar-refractivity contribution in [2.45, 2.75) is 20.8 Å². The third-order valence-electron chi connectivity index (χ3n) is 1.88. The molecule has 0 unspecified atom stereocenters. The third-order valence-corrected chi connectivity index (χ3v) is 1.88. The molecule has 0 aliphatic rings. The van der Waals surface area contributed by atoms with Crippen LogP contribution in [0.15, 0.2) is 12.1 Å². The molecule has 0 amide bonds. The van der Waals surface area contributed by atoms with E-state index < -0.39 is 5.97 Å². The minimum atomic E-state index is -1.09. The number of hydrogen-bond donors (Lipinski definition) is 0. The molecule has 0 radical (unpaired) electrons. The summed E-state index contributed by atoms with van der Waals surface area (Å²) in [6.07, 6.45) is 0. The van der Waals surface area contributed by atoms with Crippen LogP contribution in [-0.2, 0) is 0 Å². The average molecular weight is 296 g/mol. The Kier molecular flexibility index (Phi) is 5.90. The van der Waals surface area contributed by atoms with E-state index in [1.165, 1.54) is 0 Å². The molecule has 1 aromatic rings. The zero-order valence-electron chi connectivity index (χ0n) is 8.47. The van der Waals surface area contributed by atoms with Crippen LogP contribution in [0.4, 0.5) is 0 Å². The Balaban J connectivity index is 0.00000144. The first-order valence-corrected chi connectivity index (χ1v) is 3.81. The second-order valence-electron chi connectivity index (χ2n) is 3.06. The predicted molar refractivity (Wildman–Crippen MR) is 45.0 cm³/mol. The van der Waals surface area contributed by atoms with Gasteiger partial charge in [0.1, 0.15) is 0 Å². The summed E-state index contributed by atoms with van der Waals surface area (Å²) in [4.78, 5) is 10.6. The van der Waals surface area contributed by atoms with E-state index in [9.17, 15) is 9.90 Å². The molecule has 0 fully saturated rings. The summed E-state index contributed by atoms with van der Waals surface area (Å²) in [6.45, 7) is 5.51. The van der Waals surface area contributed by atoms with E-state index in [0.717, 1.165) is 16.7 Å². The molecule has 0 aliphatic heterocycles. The molecule has 0 spiro atoms. The molecule has 1 aromatic carbocycles. The summed E-state index contributed by atoms with van der Waals surface area (Å²) in [5.41, 5.74) is 2.94. The van der Waals surface area contributed by atoms with Crippen LogP contribution in [0.5, 0.6) is 0 Å². The van der Waals surface area contributed by atoms with E-state index in [0.29, 0.717) is 5.56 Å². The molecule has 3 heteroatoms. The van der Waals surface area contributed by atoms with Crippen molar-refractivity contribution in [3.8, 4) is 0 Å². The van der Waals surface area contributed by atoms with Crippen molar-refractivity contribution >= 4 is 5.97 Å². The second-order valence-corrected chi connectivity index (χ2v) is 3.06. The van der Waals surface area contributed by atoms with Gasteiger partial charge in [0.05, 0.1) is 5.97 Å². The predicted octanol–water partition coefficient (Wildman–Crippen LogP) is -2.02. The number of carbonyl (C=O) groups is 1. The van der Waals surface area contributed by atoms with Gasteiger partial charge in [-0.05, 0) is 31.9 Å². The number of carboxylic acids is 1. The van der Waals surface area contributed by atoms with Gasteiger partial charge >= 0.3 is 68.9 Å². The van der Waals surface area contributed by atoms with Gasteiger partial charge in [-0.3, -0.25) is 0 Å². The van der Waals surface area contributed by atoms with Crippen molar-refractivity contribution in [2.75, 3.05) is 0 Å². The molecular formula is C10H11CsO2. The molecule has 13 heavy (non-hydrogen) atoms. The van der Waals surface area contributed by atoms with Crippen molar-refractivity contribution in [2.24, 2.45) is 0 Å². The van der Waals surface area contributed by atoms with Gasteiger partial charge in [-0.25, -0.2) is 0 Å². The first-order valence-electron chi connectivity index (χ1n) is 3.81. The minimum absolute atomic E-state index is 0. The van der Waals surface area contributed by atoms with Crippen molar-refractivity contribution in [3.63, 3.8) is 0 Å². The maximum atomic E-state index is 10.6. The second kappa shape index (κ2) is 5.58. The number of aryl methyl sites for hydroxylation is 3. The molecule has 0 aromatic heterocycles. The Morgan fingerprint density at radius 1 is 1.15 bits per heavy atom. The molecule has 2 nitrogen and oxygen atoms in total. The average Bonchev–Trinajstić information content (AvgIpc) is 1.82. The quantitative estimate of drug-likeness (QED) is 0.600. The Morgan fingerprint density at radius 3 is 1.85 bits per heavy atom. The molecule has 1 rings (SSSR count). The van der Waals surface area contributed by atoms with Gasteiger partial charge < -0.3 is 9.90 Å². The maximum Gasteiger partial charge on any atom is 1.00 e. The fourth-order valence-electron chi connectivity index (χ4n) is 1.50. The summed E-state index contributed by atoms with van der Waals surface area (Å²) >= 11 is 0. The van der Waals surface area contributed by atoms with Gasteiger partial charge in [-0.15, -0.1) is 0 Å². The van der Waals surface area contributed by atoms with Gasteiger partial charge in [0.15, 0.2) is 0 Å². The Bertz CT molecular complexity index is 309. The summed E-state index contributed by atoms with van der Waals surface area (Å²) in [5.74, 6) is -1.09.